The molecule has 4 N–H and O–H groups in total. The van der Waals surface area contributed by atoms with Crippen LogP contribution in [0.3, 0.4) is 0 Å². The lowest BCUT2D eigenvalue weighted by Crippen LogP contribution is -2.42. The van der Waals surface area contributed by atoms with Gasteiger partial charge in [0.2, 0.25) is 0 Å². The first-order chi connectivity index (χ1) is 10.4. The predicted octanol–water partition coefficient (Wildman–Crippen LogP) is 1.19. The quantitative estimate of drug-likeness (QED) is 0.635. The molecule has 0 saturated heterocycles. The van der Waals surface area contributed by atoms with Gasteiger partial charge in [-0.2, -0.15) is 0 Å². The molecule has 1 heterocycles. The lowest BCUT2D eigenvalue weighted by atomic mass is 10.1. The zero-order chi connectivity index (χ0) is 16.0. The minimum absolute atomic E-state index is 0.0141. The molecule has 2 rings (SSSR count). The topological polar surface area (TPSA) is 77.9 Å². The molecule has 0 fully saturated rings. The minimum Gasteiger partial charge on any atom is -0.491 e. The van der Waals surface area contributed by atoms with Crippen LogP contribution in [-0.4, -0.2) is 49.0 Å². The van der Waals surface area contributed by atoms with Gasteiger partial charge >= 0.3 is 0 Å². The Balaban J connectivity index is 1.80. The summed E-state index contributed by atoms with van der Waals surface area (Å²) in [5, 5.41) is 19.5. The van der Waals surface area contributed by atoms with Crippen LogP contribution in [0.4, 0.5) is 5.69 Å². The van der Waals surface area contributed by atoms with E-state index in [9.17, 15) is 5.11 Å². The highest BCUT2D eigenvalue weighted by atomic mass is 16.5. The van der Waals surface area contributed by atoms with Gasteiger partial charge in [0.15, 0.2) is 5.96 Å². The number of rotatable bonds is 6. The van der Waals surface area contributed by atoms with Crippen molar-refractivity contribution in [1.29, 1.82) is 0 Å². The van der Waals surface area contributed by atoms with Crippen LogP contribution in [0.5, 0.6) is 5.75 Å². The molecular formula is C16H26N4O2. The van der Waals surface area contributed by atoms with Crippen LogP contribution in [0.1, 0.15) is 20.8 Å². The van der Waals surface area contributed by atoms with E-state index in [4.69, 9.17) is 4.74 Å². The van der Waals surface area contributed by atoms with E-state index in [2.05, 4.69) is 41.7 Å². The molecule has 6 heteroatoms. The Kier molecular flexibility index (Phi) is 5.63. The standard InChI is InChI=1S/C16H26N4O2/c1-16(2,3)19-10-13(21)11-22-14-6-4-5-12(9-14)20-15-17-7-8-18-15/h4-6,9,13,19,21H,7-8,10-11H2,1-3H3,(H2,17,18,20). The molecule has 0 aliphatic carbocycles. The molecule has 122 valence electrons. The second-order valence-electron chi connectivity index (χ2n) is 6.41. The smallest absolute Gasteiger partial charge is 0.195 e. The maximum atomic E-state index is 9.94. The van der Waals surface area contributed by atoms with Gasteiger partial charge in [0.1, 0.15) is 18.5 Å². The normalized spacial score (nSPS) is 15.9. The largest absolute Gasteiger partial charge is 0.491 e. The van der Waals surface area contributed by atoms with Crippen LogP contribution in [-0.2, 0) is 0 Å². The second-order valence-corrected chi connectivity index (χ2v) is 6.41. The molecule has 1 aromatic rings. The monoisotopic (exact) mass is 306 g/mol. The van der Waals surface area contributed by atoms with Crippen LogP contribution in [0, 0.1) is 0 Å². The third-order valence-electron chi connectivity index (χ3n) is 3.08. The van der Waals surface area contributed by atoms with E-state index in [0.717, 1.165) is 30.5 Å². The van der Waals surface area contributed by atoms with Crippen molar-refractivity contribution in [3.8, 4) is 5.75 Å². The zero-order valence-corrected chi connectivity index (χ0v) is 13.5. The van der Waals surface area contributed by atoms with Crippen molar-refractivity contribution >= 4 is 11.6 Å². The van der Waals surface area contributed by atoms with Crippen molar-refractivity contribution in [1.82, 2.24) is 10.6 Å². The number of nitrogens with zero attached hydrogens (tertiary/aromatic N) is 1. The number of guanidine groups is 1. The van der Waals surface area contributed by atoms with E-state index in [1.165, 1.54) is 0 Å². The van der Waals surface area contributed by atoms with Crippen molar-refractivity contribution in [2.24, 2.45) is 4.99 Å². The van der Waals surface area contributed by atoms with Gasteiger partial charge in [-0.3, -0.25) is 4.99 Å². The molecule has 0 saturated carbocycles. The SMILES string of the molecule is CC(C)(C)NCC(O)COc1cccc(NC2=NCCN2)c1. The van der Waals surface area contributed by atoms with E-state index in [1.807, 2.05) is 24.3 Å². The molecule has 1 aliphatic rings. The summed E-state index contributed by atoms with van der Waals surface area (Å²) < 4.78 is 5.65. The summed E-state index contributed by atoms with van der Waals surface area (Å²) in [7, 11) is 0. The number of nitrogens with one attached hydrogen (secondary N) is 3. The van der Waals surface area contributed by atoms with Crippen LogP contribution >= 0.6 is 0 Å². The van der Waals surface area contributed by atoms with Crippen LogP contribution < -0.4 is 20.7 Å². The maximum absolute atomic E-state index is 9.94. The van der Waals surface area contributed by atoms with Gasteiger partial charge in [-0.05, 0) is 32.9 Å². The predicted molar refractivity (Wildman–Crippen MR) is 89.6 cm³/mol. The van der Waals surface area contributed by atoms with Gasteiger partial charge in [-0.15, -0.1) is 0 Å². The van der Waals surface area contributed by atoms with Crippen molar-refractivity contribution in [3.05, 3.63) is 24.3 Å². The fourth-order valence-electron chi connectivity index (χ4n) is 1.96. The molecule has 0 bridgehead atoms. The molecule has 22 heavy (non-hydrogen) atoms. The van der Waals surface area contributed by atoms with Crippen LogP contribution in [0.15, 0.2) is 29.3 Å². The first-order valence-electron chi connectivity index (χ1n) is 7.64. The van der Waals surface area contributed by atoms with E-state index in [-0.39, 0.29) is 12.1 Å². The Morgan fingerprint density at radius 3 is 2.91 bits per heavy atom. The number of anilines is 1. The summed E-state index contributed by atoms with van der Waals surface area (Å²) >= 11 is 0. The fraction of sp³-hybridized carbons (Fsp3) is 0.562. The molecule has 0 aromatic heterocycles. The van der Waals surface area contributed by atoms with Crippen molar-refractivity contribution in [3.63, 3.8) is 0 Å². The number of hydrogen-bond donors (Lipinski definition) is 4. The summed E-state index contributed by atoms with van der Waals surface area (Å²) in [6.07, 6.45) is -0.545. The van der Waals surface area contributed by atoms with E-state index < -0.39 is 6.10 Å². The summed E-state index contributed by atoms with van der Waals surface area (Å²) in [4.78, 5) is 4.29. The Morgan fingerprint density at radius 1 is 1.41 bits per heavy atom. The van der Waals surface area contributed by atoms with Crippen LogP contribution in [0.25, 0.3) is 0 Å². The van der Waals surface area contributed by atoms with Gasteiger partial charge in [0.25, 0.3) is 0 Å². The second kappa shape index (κ2) is 7.47. The Bertz CT molecular complexity index is 511. The van der Waals surface area contributed by atoms with Gasteiger partial charge in [-0.25, -0.2) is 0 Å². The van der Waals surface area contributed by atoms with Gasteiger partial charge in [-0.1, -0.05) is 6.07 Å². The number of hydrogen-bond acceptors (Lipinski definition) is 6. The Labute approximate surface area is 132 Å². The number of aliphatic imine (C=N–C) groups is 1. The summed E-state index contributed by atoms with van der Waals surface area (Å²) in [6, 6.07) is 7.63. The third kappa shape index (κ3) is 5.91. The van der Waals surface area contributed by atoms with Gasteiger partial charge in [0, 0.05) is 30.4 Å². The third-order valence-corrected chi connectivity index (χ3v) is 3.08. The molecule has 1 atom stereocenters. The Hall–Kier alpha value is -1.79. The highest BCUT2D eigenvalue weighted by Gasteiger charge is 2.12. The average Bonchev–Trinajstić information content (AvgIpc) is 2.95. The van der Waals surface area contributed by atoms with Gasteiger partial charge < -0.3 is 25.8 Å². The van der Waals surface area contributed by atoms with Crippen molar-refractivity contribution < 1.29 is 9.84 Å². The van der Waals surface area contributed by atoms with Gasteiger partial charge in [0.05, 0.1) is 6.54 Å². The fourth-order valence-corrected chi connectivity index (χ4v) is 1.96. The molecule has 0 amide bonds. The molecule has 1 unspecified atom stereocenters. The number of aliphatic hydroxyl groups excluding tert-OH is 1. The minimum atomic E-state index is -0.545. The molecule has 1 aliphatic heterocycles. The van der Waals surface area contributed by atoms with E-state index >= 15 is 0 Å². The van der Waals surface area contributed by atoms with E-state index in [1.54, 1.807) is 0 Å². The number of benzene rings is 1. The maximum Gasteiger partial charge on any atom is 0.195 e. The highest BCUT2D eigenvalue weighted by Crippen LogP contribution is 2.17. The molecular weight excluding hydrogens is 280 g/mol. The average molecular weight is 306 g/mol. The number of β-amino-alcohol motifs (C(OH)–C–C–N with tert-alkyl or cyclic N) is 1. The number of aliphatic hydroxyl groups is 1. The molecule has 6 nitrogen and oxygen atoms in total. The summed E-state index contributed by atoms with van der Waals surface area (Å²) in [6.45, 7) is 8.62. The first kappa shape index (κ1) is 16.6. The molecule has 0 radical (unpaired) electrons. The summed E-state index contributed by atoms with van der Waals surface area (Å²) in [5.41, 5.74) is 0.896. The lowest BCUT2D eigenvalue weighted by molar-refractivity contribution is 0.100. The summed E-state index contributed by atoms with van der Waals surface area (Å²) in [5.74, 6) is 1.50. The van der Waals surface area contributed by atoms with E-state index in [0.29, 0.717) is 6.54 Å². The van der Waals surface area contributed by atoms with Crippen LogP contribution in [0.2, 0.25) is 0 Å². The number of ether oxygens (including phenoxy) is 1. The first-order valence-corrected chi connectivity index (χ1v) is 7.64. The highest BCUT2D eigenvalue weighted by molar-refractivity contribution is 5.94. The zero-order valence-electron chi connectivity index (χ0n) is 13.5. The molecule has 0 spiro atoms. The lowest BCUT2D eigenvalue weighted by Gasteiger charge is -2.23. The molecule has 1 aromatic carbocycles. The van der Waals surface area contributed by atoms with Crippen molar-refractivity contribution in [2.75, 3.05) is 31.6 Å². The Morgan fingerprint density at radius 2 is 2.23 bits per heavy atom. The van der Waals surface area contributed by atoms with Crippen molar-refractivity contribution in [2.45, 2.75) is 32.4 Å².